The molecular weight excluding hydrogens is 368 g/mol. The second kappa shape index (κ2) is 8.45. The van der Waals surface area contributed by atoms with Crippen LogP contribution in [-0.2, 0) is 15.1 Å². The van der Waals surface area contributed by atoms with Crippen molar-refractivity contribution in [2.75, 3.05) is 6.61 Å². The highest BCUT2D eigenvalue weighted by Crippen LogP contribution is 2.41. The Morgan fingerprint density at radius 3 is 1.41 bits per heavy atom. The van der Waals surface area contributed by atoms with E-state index in [1.807, 2.05) is 91.0 Å². The molecule has 1 aliphatic rings. The van der Waals surface area contributed by atoms with E-state index < -0.39 is 30.2 Å². The smallest absolute Gasteiger partial charge is 0.184 e. The highest BCUT2D eigenvalue weighted by molar-refractivity contribution is 5.47. The van der Waals surface area contributed by atoms with E-state index in [9.17, 15) is 15.3 Å². The Labute approximate surface area is 169 Å². The number of hydrogen-bond acceptors (Lipinski definition) is 5. The molecule has 5 heteroatoms. The topological polar surface area (TPSA) is 79.2 Å². The fourth-order valence-electron chi connectivity index (χ4n) is 3.84. The zero-order chi connectivity index (χ0) is 20.3. The molecule has 0 saturated carbocycles. The first-order chi connectivity index (χ1) is 14.1. The van der Waals surface area contributed by atoms with E-state index in [0.717, 1.165) is 16.7 Å². The lowest BCUT2D eigenvalue weighted by atomic mass is 9.80. The van der Waals surface area contributed by atoms with Crippen molar-refractivity contribution in [3.8, 4) is 0 Å². The van der Waals surface area contributed by atoms with Gasteiger partial charge in [-0.1, -0.05) is 91.0 Å². The van der Waals surface area contributed by atoms with E-state index in [4.69, 9.17) is 9.47 Å². The van der Waals surface area contributed by atoms with Crippen molar-refractivity contribution < 1.29 is 24.8 Å². The summed E-state index contributed by atoms with van der Waals surface area (Å²) >= 11 is 0. The van der Waals surface area contributed by atoms with Gasteiger partial charge in [-0.05, 0) is 16.7 Å². The van der Waals surface area contributed by atoms with E-state index in [2.05, 4.69) is 0 Å². The number of aliphatic hydroxyl groups excluding tert-OH is 3. The largest absolute Gasteiger partial charge is 0.387 e. The molecule has 0 radical (unpaired) electrons. The molecule has 0 bridgehead atoms. The van der Waals surface area contributed by atoms with Gasteiger partial charge >= 0.3 is 0 Å². The first kappa shape index (κ1) is 19.8. The van der Waals surface area contributed by atoms with Crippen LogP contribution in [0.2, 0.25) is 0 Å². The van der Waals surface area contributed by atoms with Crippen LogP contribution in [0.25, 0.3) is 0 Å². The molecular formula is C24H24O5. The minimum absolute atomic E-state index is 0.0199. The summed E-state index contributed by atoms with van der Waals surface area (Å²) in [5.74, 6) is 0. The zero-order valence-corrected chi connectivity index (χ0v) is 15.8. The third-order valence-corrected chi connectivity index (χ3v) is 5.34. The van der Waals surface area contributed by atoms with Gasteiger partial charge in [0.05, 0.1) is 6.61 Å². The summed E-state index contributed by atoms with van der Waals surface area (Å²) in [6, 6.07) is 29.5. The van der Waals surface area contributed by atoms with Crippen LogP contribution in [0.4, 0.5) is 0 Å². The molecule has 0 spiro atoms. The minimum Gasteiger partial charge on any atom is -0.387 e. The minimum atomic E-state index is -1.43. The molecule has 1 aliphatic heterocycles. The molecule has 1 heterocycles. The fraction of sp³-hybridized carbons (Fsp3) is 0.250. The Bertz CT molecular complexity index is 804. The second-order valence-electron chi connectivity index (χ2n) is 7.14. The molecule has 4 rings (SSSR count). The summed E-state index contributed by atoms with van der Waals surface area (Å²) in [5, 5.41) is 29.8. The van der Waals surface area contributed by atoms with Crippen molar-refractivity contribution in [3.05, 3.63) is 108 Å². The summed E-state index contributed by atoms with van der Waals surface area (Å²) in [4.78, 5) is 0. The van der Waals surface area contributed by atoms with Gasteiger partial charge in [0.15, 0.2) is 6.29 Å². The van der Waals surface area contributed by atoms with Crippen molar-refractivity contribution in [1.29, 1.82) is 0 Å². The normalized spacial score (nSPS) is 24.5. The summed E-state index contributed by atoms with van der Waals surface area (Å²) in [6.07, 6.45) is -4.87. The van der Waals surface area contributed by atoms with Gasteiger partial charge < -0.3 is 24.8 Å². The molecule has 1 unspecified atom stereocenters. The maximum Gasteiger partial charge on any atom is 0.184 e. The number of rotatable bonds is 6. The standard InChI is InChI=1S/C24H24O5/c25-21-20(29-23(27)22(21)26)16-28-24(17-10-4-1-5-11-17,18-12-6-2-7-13-18)19-14-8-3-9-15-19/h1-15,20-23,25-27H,16H2/t20-,21+,22-,23?/m1/s1. The van der Waals surface area contributed by atoms with E-state index in [1.165, 1.54) is 0 Å². The molecule has 29 heavy (non-hydrogen) atoms. The van der Waals surface area contributed by atoms with Crippen LogP contribution in [0.15, 0.2) is 91.0 Å². The Balaban J connectivity index is 1.80. The summed E-state index contributed by atoms with van der Waals surface area (Å²) in [5.41, 5.74) is 1.81. The Morgan fingerprint density at radius 1 is 0.655 bits per heavy atom. The van der Waals surface area contributed by atoms with Crippen LogP contribution < -0.4 is 0 Å². The van der Waals surface area contributed by atoms with Gasteiger partial charge in [-0.25, -0.2) is 0 Å². The van der Waals surface area contributed by atoms with E-state index in [1.54, 1.807) is 0 Å². The van der Waals surface area contributed by atoms with Gasteiger partial charge in [-0.15, -0.1) is 0 Å². The highest BCUT2D eigenvalue weighted by Gasteiger charge is 2.44. The fourth-order valence-corrected chi connectivity index (χ4v) is 3.84. The first-order valence-corrected chi connectivity index (χ1v) is 9.63. The molecule has 0 aromatic heterocycles. The number of benzene rings is 3. The Hall–Kier alpha value is -2.54. The number of ether oxygens (including phenoxy) is 2. The highest BCUT2D eigenvalue weighted by atomic mass is 16.7. The van der Waals surface area contributed by atoms with Gasteiger partial charge in [0.1, 0.15) is 23.9 Å². The van der Waals surface area contributed by atoms with Crippen molar-refractivity contribution >= 4 is 0 Å². The molecule has 5 nitrogen and oxygen atoms in total. The summed E-state index contributed by atoms with van der Waals surface area (Å²) in [7, 11) is 0. The molecule has 0 aliphatic carbocycles. The van der Waals surface area contributed by atoms with Gasteiger partial charge in [-0.2, -0.15) is 0 Å². The average Bonchev–Trinajstić information content (AvgIpc) is 3.03. The molecule has 4 atom stereocenters. The third-order valence-electron chi connectivity index (χ3n) is 5.34. The average molecular weight is 392 g/mol. The van der Waals surface area contributed by atoms with Gasteiger partial charge in [0, 0.05) is 0 Å². The van der Waals surface area contributed by atoms with Gasteiger partial charge in [0.25, 0.3) is 0 Å². The van der Waals surface area contributed by atoms with Gasteiger partial charge in [-0.3, -0.25) is 0 Å². The number of hydrogen-bond donors (Lipinski definition) is 3. The lowest BCUT2D eigenvalue weighted by Crippen LogP contribution is -2.39. The van der Waals surface area contributed by atoms with E-state index >= 15 is 0 Å². The maximum absolute atomic E-state index is 10.2. The predicted molar refractivity (Wildman–Crippen MR) is 108 cm³/mol. The molecule has 3 N–H and O–H groups in total. The maximum atomic E-state index is 10.2. The Kier molecular flexibility index (Phi) is 5.76. The second-order valence-corrected chi connectivity index (χ2v) is 7.14. The summed E-state index contributed by atoms with van der Waals surface area (Å²) in [6.45, 7) is -0.0199. The van der Waals surface area contributed by atoms with Crippen molar-refractivity contribution in [1.82, 2.24) is 0 Å². The monoisotopic (exact) mass is 392 g/mol. The van der Waals surface area contributed by atoms with Crippen LogP contribution >= 0.6 is 0 Å². The van der Waals surface area contributed by atoms with E-state index in [0.29, 0.717) is 0 Å². The van der Waals surface area contributed by atoms with Gasteiger partial charge in [0.2, 0.25) is 0 Å². The molecule has 0 amide bonds. The molecule has 1 saturated heterocycles. The molecule has 3 aromatic rings. The van der Waals surface area contributed by atoms with Crippen molar-refractivity contribution in [2.24, 2.45) is 0 Å². The molecule has 1 fully saturated rings. The molecule has 3 aromatic carbocycles. The Morgan fingerprint density at radius 2 is 1.07 bits per heavy atom. The van der Waals surface area contributed by atoms with Crippen molar-refractivity contribution in [3.63, 3.8) is 0 Å². The lowest BCUT2D eigenvalue weighted by Gasteiger charge is -2.37. The SMILES string of the molecule is OC1O[C@H](COC(c2ccccc2)(c2ccccc2)c2ccccc2)[C@H](O)[C@H]1O. The van der Waals surface area contributed by atoms with Crippen LogP contribution in [0, 0.1) is 0 Å². The number of aliphatic hydroxyl groups is 3. The van der Waals surface area contributed by atoms with Crippen LogP contribution in [0.1, 0.15) is 16.7 Å². The van der Waals surface area contributed by atoms with Crippen molar-refractivity contribution in [2.45, 2.75) is 30.2 Å². The first-order valence-electron chi connectivity index (χ1n) is 9.63. The molecule has 150 valence electrons. The van der Waals surface area contributed by atoms with Crippen LogP contribution in [0.3, 0.4) is 0 Å². The quantitative estimate of drug-likeness (QED) is 0.562. The predicted octanol–water partition coefficient (Wildman–Crippen LogP) is 2.43. The van der Waals surface area contributed by atoms with Crippen LogP contribution in [-0.4, -0.2) is 46.5 Å². The third kappa shape index (κ3) is 3.71. The zero-order valence-electron chi connectivity index (χ0n) is 15.8. The van der Waals surface area contributed by atoms with Crippen LogP contribution in [0.5, 0.6) is 0 Å². The van der Waals surface area contributed by atoms with E-state index in [-0.39, 0.29) is 6.61 Å². The summed E-state index contributed by atoms with van der Waals surface area (Å²) < 4.78 is 11.9. The lowest BCUT2D eigenvalue weighted by molar-refractivity contribution is -0.145.